The van der Waals surface area contributed by atoms with Crippen molar-refractivity contribution in [2.24, 2.45) is 10.9 Å². The molecule has 0 N–H and O–H groups in total. The normalized spacial score (nSPS) is 22.1. The third-order valence-corrected chi connectivity index (χ3v) is 6.45. The number of hydrogen-bond donors (Lipinski definition) is 0. The topological polar surface area (TPSA) is 87.1 Å². The number of pyridine rings is 1. The van der Waals surface area contributed by atoms with Gasteiger partial charge < -0.3 is 14.2 Å². The molecule has 4 rings (SSSR count). The highest BCUT2D eigenvalue weighted by Gasteiger charge is 2.44. The number of rotatable bonds is 8. The van der Waals surface area contributed by atoms with E-state index in [9.17, 15) is 9.59 Å². The highest BCUT2D eigenvalue weighted by atomic mass is 16.6. The smallest absolute Gasteiger partial charge is 0.315 e. The molecule has 0 saturated carbocycles. The Labute approximate surface area is 199 Å². The highest BCUT2D eigenvalue weighted by molar-refractivity contribution is 6.09. The average Bonchev–Trinajstić information content (AvgIpc) is 2.86. The van der Waals surface area contributed by atoms with Crippen molar-refractivity contribution in [3.05, 3.63) is 71.2 Å². The minimum atomic E-state index is -0.675. The minimum Gasteiger partial charge on any atom is -0.497 e. The lowest BCUT2D eigenvalue weighted by molar-refractivity contribution is -0.148. The van der Waals surface area contributed by atoms with Crippen molar-refractivity contribution in [1.29, 1.82) is 0 Å². The van der Waals surface area contributed by atoms with Gasteiger partial charge in [-0.3, -0.25) is 19.6 Å². The summed E-state index contributed by atoms with van der Waals surface area (Å²) in [6, 6.07) is 11.5. The molecule has 0 amide bonds. The standard InChI is InChI=1S/C27H30N2O5/c1-4-33-12-13-34-27(31)24-17(2)29-22-14-20(18-7-9-21(32-3)10-8-18)15-23(30)26(22)25(24)19-6-5-11-28-16-19/h5-11,16,20,24-25H,4,12-15H2,1-3H3/t20-,24?,25-/m0/s1. The van der Waals surface area contributed by atoms with Gasteiger partial charge in [0.2, 0.25) is 0 Å². The fourth-order valence-corrected chi connectivity index (χ4v) is 4.83. The molecule has 178 valence electrons. The number of ketones is 1. The number of ether oxygens (including phenoxy) is 3. The maximum atomic E-state index is 13.5. The fourth-order valence-electron chi connectivity index (χ4n) is 4.83. The van der Waals surface area contributed by atoms with Gasteiger partial charge in [0, 0.05) is 48.3 Å². The van der Waals surface area contributed by atoms with E-state index in [0.29, 0.717) is 37.3 Å². The summed E-state index contributed by atoms with van der Waals surface area (Å²) in [5.74, 6) is -0.723. The zero-order valence-corrected chi connectivity index (χ0v) is 19.8. The van der Waals surface area contributed by atoms with Crippen molar-refractivity contribution in [2.45, 2.75) is 38.5 Å². The number of carbonyl (C=O) groups excluding carboxylic acids is 2. The van der Waals surface area contributed by atoms with Crippen LogP contribution in [-0.4, -0.2) is 49.4 Å². The van der Waals surface area contributed by atoms with E-state index in [4.69, 9.17) is 19.2 Å². The number of esters is 1. The minimum absolute atomic E-state index is 0.0132. The SMILES string of the molecule is CCOCCOC(=O)C1C(C)=NC2=C(C(=O)C[C@@H](c3ccc(OC)cc3)C2)[C@H]1c1cccnc1. The number of aliphatic imine (C=N–C) groups is 1. The summed E-state index contributed by atoms with van der Waals surface area (Å²) >= 11 is 0. The fraction of sp³-hybridized carbons (Fsp3) is 0.407. The summed E-state index contributed by atoms with van der Waals surface area (Å²) in [5, 5.41) is 0. The Morgan fingerprint density at radius 2 is 1.88 bits per heavy atom. The van der Waals surface area contributed by atoms with Crippen LogP contribution in [0, 0.1) is 5.92 Å². The molecule has 0 bridgehead atoms. The summed E-state index contributed by atoms with van der Waals surface area (Å²) in [4.78, 5) is 35.7. The number of benzene rings is 1. The maximum absolute atomic E-state index is 13.5. The molecule has 0 fully saturated rings. The van der Waals surface area contributed by atoms with Crippen LogP contribution in [-0.2, 0) is 19.1 Å². The van der Waals surface area contributed by atoms with E-state index < -0.39 is 17.8 Å². The van der Waals surface area contributed by atoms with Crippen molar-refractivity contribution in [2.75, 3.05) is 26.9 Å². The molecule has 1 aliphatic carbocycles. The average molecular weight is 463 g/mol. The van der Waals surface area contributed by atoms with Gasteiger partial charge in [-0.25, -0.2) is 0 Å². The number of Topliss-reactive ketones (excluding diaryl/α,β-unsaturated/α-hetero) is 1. The van der Waals surface area contributed by atoms with Crippen LogP contribution in [0.2, 0.25) is 0 Å². The van der Waals surface area contributed by atoms with Crippen LogP contribution < -0.4 is 4.74 Å². The van der Waals surface area contributed by atoms with Gasteiger partial charge in [-0.05, 0) is 55.5 Å². The molecular formula is C27H30N2O5. The van der Waals surface area contributed by atoms with E-state index in [1.54, 1.807) is 19.5 Å². The third kappa shape index (κ3) is 4.94. The molecule has 34 heavy (non-hydrogen) atoms. The molecule has 7 heteroatoms. The molecule has 1 aromatic heterocycles. The Balaban J connectivity index is 1.67. The van der Waals surface area contributed by atoms with Crippen LogP contribution in [0.5, 0.6) is 5.75 Å². The van der Waals surface area contributed by atoms with Gasteiger partial charge in [0.25, 0.3) is 0 Å². The Morgan fingerprint density at radius 1 is 1.09 bits per heavy atom. The van der Waals surface area contributed by atoms with E-state index in [1.807, 2.05) is 50.2 Å². The zero-order valence-electron chi connectivity index (χ0n) is 19.8. The van der Waals surface area contributed by atoms with Crippen LogP contribution >= 0.6 is 0 Å². The van der Waals surface area contributed by atoms with Gasteiger partial charge in [0.15, 0.2) is 5.78 Å². The van der Waals surface area contributed by atoms with Gasteiger partial charge in [0.1, 0.15) is 18.3 Å². The molecule has 7 nitrogen and oxygen atoms in total. The lowest BCUT2D eigenvalue weighted by Gasteiger charge is -2.36. The number of nitrogens with zero attached hydrogens (tertiary/aromatic N) is 2. The Morgan fingerprint density at radius 3 is 2.56 bits per heavy atom. The monoisotopic (exact) mass is 462 g/mol. The molecular weight excluding hydrogens is 432 g/mol. The number of allylic oxidation sites excluding steroid dienone is 2. The molecule has 2 heterocycles. The largest absolute Gasteiger partial charge is 0.497 e. The first kappa shape index (κ1) is 23.8. The quantitative estimate of drug-likeness (QED) is 0.431. The van der Waals surface area contributed by atoms with Crippen molar-refractivity contribution in [3.8, 4) is 5.75 Å². The van der Waals surface area contributed by atoms with Gasteiger partial charge in [-0.1, -0.05) is 18.2 Å². The predicted molar refractivity (Wildman–Crippen MR) is 128 cm³/mol. The van der Waals surface area contributed by atoms with Crippen molar-refractivity contribution >= 4 is 17.5 Å². The lowest BCUT2D eigenvalue weighted by atomic mass is 9.69. The van der Waals surface area contributed by atoms with E-state index >= 15 is 0 Å². The van der Waals surface area contributed by atoms with E-state index in [0.717, 1.165) is 22.6 Å². The summed E-state index contributed by atoms with van der Waals surface area (Å²) in [6.07, 6.45) is 4.40. The summed E-state index contributed by atoms with van der Waals surface area (Å²) in [7, 11) is 1.63. The first-order chi connectivity index (χ1) is 16.5. The van der Waals surface area contributed by atoms with E-state index in [-0.39, 0.29) is 18.3 Å². The van der Waals surface area contributed by atoms with Crippen LogP contribution in [0.4, 0.5) is 0 Å². The predicted octanol–water partition coefficient (Wildman–Crippen LogP) is 4.25. The Kier molecular flexibility index (Phi) is 7.53. The highest BCUT2D eigenvalue weighted by Crippen LogP contribution is 2.46. The van der Waals surface area contributed by atoms with Crippen LogP contribution in [0.1, 0.15) is 49.7 Å². The van der Waals surface area contributed by atoms with Crippen molar-refractivity contribution < 1.29 is 23.8 Å². The molecule has 1 unspecified atom stereocenters. The molecule has 0 saturated heterocycles. The van der Waals surface area contributed by atoms with Gasteiger partial charge in [-0.15, -0.1) is 0 Å². The first-order valence-corrected chi connectivity index (χ1v) is 11.6. The summed E-state index contributed by atoms with van der Waals surface area (Å²) in [5.41, 5.74) is 3.89. The Bertz CT molecular complexity index is 1090. The molecule has 2 aliphatic rings. The second-order valence-electron chi connectivity index (χ2n) is 8.52. The molecule has 3 atom stereocenters. The number of methoxy groups -OCH3 is 1. The van der Waals surface area contributed by atoms with E-state index in [1.165, 1.54) is 0 Å². The molecule has 0 radical (unpaired) electrons. The third-order valence-electron chi connectivity index (χ3n) is 6.45. The lowest BCUT2D eigenvalue weighted by Crippen LogP contribution is -2.38. The number of hydrogen-bond acceptors (Lipinski definition) is 7. The molecule has 1 aromatic carbocycles. The van der Waals surface area contributed by atoms with Gasteiger partial charge in [-0.2, -0.15) is 0 Å². The summed E-state index contributed by atoms with van der Waals surface area (Å²) < 4.78 is 16.1. The van der Waals surface area contributed by atoms with E-state index in [2.05, 4.69) is 4.98 Å². The van der Waals surface area contributed by atoms with Crippen LogP contribution in [0.15, 0.2) is 65.1 Å². The summed E-state index contributed by atoms with van der Waals surface area (Å²) in [6.45, 7) is 4.78. The van der Waals surface area contributed by atoms with Gasteiger partial charge >= 0.3 is 5.97 Å². The molecule has 2 aromatic rings. The van der Waals surface area contributed by atoms with Crippen molar-refractivity contribution in [3.63, 3.8) is 0 Å². The first-order valence-electron chi connectivity index (χ1n) is 11.6. The number of aromatic nitrogens is 1. The second kappa shape index (κ2) is 10.7. The van der Waals surface area contributed by atoms with Gasteiger partial charge in [0.05, 0.1) is 13.7 Å². The molecule has 0 spiro atoms. The Hall–Kier alpha value is -3.32. The van der Waals surface area contributed by atoms with Crippen LogP contribution in [0.25, 0.3) is 0 Å². The maximum Gasteiger partial charge on any atom is 0.315 e. The second-order valence-corrected chi connectivity index (χ2v) is 8.52. The molecule has 1 aliphatic heterocycles. The zero-order chi connectivity index (χ0) is 24.1. The van der Waals surface area contributed by atoms with Crippen LogP contribution in [0.3, 0.4) is 0 Å². The van der Waals surface area contributed by atoms with Crippen molar-refractivity contribution in [1.82, 2.24) is 4.98 Å². The number of carbonyl (C=O) groups is 2.